The zero-order chi connectivity index (χ0) is 16.2. The van der Waals surface area contributed by atoms with Gasteiger partial charge in [0.15, 0.2) is 0 Å². The van der Waals surface area contributed by atoms with E-state index >= 15 is 0 Å². The van der Waals surface area contributed by atoms with Crippen molar-refractivity contribution >= 4 is 11.6 Å². The van der Waals surface area contributed by atoms with Crippen LogP contribution in [0.2, 0.25) is 0 Å². The normalized spacial score (nSPS) is 18.5. The minimum Gasteiger partial charge on any atom is -0.364 e. The fourth-order valence-electron chi connectivity index (χ4n) is 3.49. The number of aromatic amines is 1. The molecule has 1 atom stereocenters. The summed E-state index contributed by atoms with van der Waals surface area (Å²) >= 11 is 0. The minimum absolute atomic E-state index is 0.149. The van der Waals surface area contributed by atoms with E-state index in [0.29, 0.717) is 12.6 Å². The van der Waals surface area contributed by atoms with Crippen LogP contribution in [0.3, 0.4) is 0 Å². The maximum atomic E-state index is 12.9. The van der Waals surface area contributed by atoms with Gasteiger partial charge in [-0.3, -0.25) is 9.69 Å². The molecule has 2 heterocycles. The average Bonchev–Trinajstić information content (AvgIpc) is 3.18. The lowest BCUT2D eigenvalue weighted by Crippen LogP contribution is -2.43. The van der Waals surface area contributed by atoms with E-state index in [1.165, 1.54) is 5.69 Å². The molecule has 0 bridgehead atoms. The number of para-hydroxylation sites is 1. The van der Waals surface area contributed by atoms with Gasteiger partial charge in [0.1, 0.15) is 0 Å². The molecule has 1 fully saturated rings. The Morgan fingerprint density at radius 2 is 2.04 bits per heavy atom. The Balaban J connectivity index is 1.74. The molecule has 1 amide bonds. The van der Waals surface area contributed by atoms with Gasteiger partial charge in [0.25, 0.3) is 0 Å². The number of amides is 1. The Morgan fingerprint density at radius 1 is 1.26 bits per heavy atom. The molecule has 4 nitrogen and oxygen atoms in total. The van der Waals surface area contributed by atoms with Gasteiger partial charge < -0.3 is 9.88 Å². The molecule has 3 rings (SSSR count). The van der Waals surface area contributed by atoms with E-state index in [1.807, 2.05) is 47.5 Å². The second kappa shape index (κ2) is 7.01. The molecule has 1 saturated heterocycles. The van der Waals surface area contributed by atoms with Gasteiger partial charge in [-0.05, 0) is 57.5 Å². The number of aromatic nitrogens is 1. The number of carbonyl (C=O) groups is 1. The van der Waals surface area contributed by atoms with Gasteiger partial charge in [-0.2, -0.15) is 0 Å². The van der Waals surface area contributed by atoms with Crippen LogP contribution in [0.1, 0.15) is 38.4 Å². The quantitative estimate of drug-likeness (QED) is 0.916. The predicted octanol–water partition coefficient (Wildman–Crippen LogP) is 3.59. The fourth-order valence-corrected chi connectivity index (χ4v) is 3.49. The molecule has 23 heavy (non-hydrogen) atoms. The molecular formula is C19H25N3O. The smallest absolute Gasteiger partial charge is 0.241 e. The standard InChI is InChI=1S/C19H25N3O/c1-15(2)22(16-8-4-3-5-9-16)19(23)14-21-13-7-11-18(21)17-10-6-12-20-17/h3-6,8-10,12,15,18,20H,7,11,13-14H2,1-2H3. The molecule has 1 unspecified atom stereocenters. The number of rotatable bonds is 5. The van der Waals surface area contributed by atoms with Gasteiger partial charge in [0.05, 0.1) is 12.6 Å². The van der Waals surface area contributed by atoms with Crippen LogP contribution in [0.15, 0.2) is 48.7 Å². The lowest BCUT2D eigenvalue weighted by atomic mass is 10.1. The summed E-state index contributed by atoms with van der Waals surface area (Å²) in [4.78, 5) is 20.4. The molecule has 0 radical (unpaired) electrons. The van der Waals surface area contributed by atoms with Crippen LogP contribution in [0.25, 0.3) is 0 Å². The van der Waals surface area contributed by atoms with Crippen molar-refractivity contribution in [3.63, 3.8) is 0 Å². The predicted molar refractivity (Wildman–Crippen MR) is 93.4 cm³/mol. The third-order valence-electron chi connectivity index (χ3n) is 4.50. The molecule has 1 aromatic carbocycles. The fraction of sp³-hybridized carbons (Fsp3) is 0.421. The first-order valence-corrected chi connectivity index (χ1v) is 8.41. The maximum absolute atomic E-state index is 12.9. The summed E-state index contributed by atoms with van der Waals surface area (Å²) in [5.41, 5.74) is 2.19. The summed E-state index contributed by atoms with van der Waals surface area (Å²) in [6.07, 6.45) is 4.21. The first kappa shape index (κ1) is 15.8. The van der Waals surface area contributed by atoms with E-state index in [-0.39, 0.29) is 11.9 Å². The summed E-state index contributed by atoms with van der Waals surface area (Å²) in [6.45, 7) is 5.58. The summed E-state index contributed by atoms with van der Waals surface area (Å²) in [5, 5.41) is 0. The molecule has 122 valence electrons. The van der Waals surface area contributed by atoms with Crippen molar-refractivity contribution in [2.75, 3.05) is 18.0 Å². The summed E-state index contributed by atoms with van der Waals surface area (Å²) < 4.78 is 0. The maximum Gasteiger partial charge on any atom is 0.241 e. The van der Waals surface area contributed by atoms with Crippen LogP contribution >= 0.6 is 0 Å². The molecule has 1 N–H and O–H groups in total. The van der Waals surface area contributed by atoms with Crippen molar-refractivity contribution in [2.45, 2.75) is 38.8 Å². The number of nitrogens with zero attached hydrogens (tertiary/aromatic N) is 2. The molecule has 1 aliphatic heterocycles. The molecule has 4 heteroatoms. The first-order chi connectivity index (χ1) is 11.2. The highest BCUT2D eigenvalue weighted by atomic mass is 16.2. The van der Waals surface area contributed by atoms with E-state index in [1.54, 1.807) is 0 Å². The van der Waals surface area contributed by atoms with E-state index in [2.05, 4.69) is 29.8 Å². The van der Waals surface area contributed by atoms with Gasteiger partial charge >= 0.3 is 0 Å². The number of carbonyl (C=O) groups excluding carboxylic acids is 1. The van der Waals surface area contributed by atoms with Gasteiger partial charge in [-0.1, -0.05) is 18.2 Å². The molecule has 1 aromatic heterocycles. The number of H-pyrrole nitrogens is 1. The molecular weight excluding hydrogens is 286 g/mol. The van der Waals surface area contributed by atoms with Crippen LogP contribution in [0.4, 0.5) is 5.69 Å². The van der Waals surface area contributed by atoms with Crippen LogP contribution in [0, 0.1) is 0 Å². The van der Waals surface area contributed by atoms with Gasteiger partial charge in [-0.15, -0.1) is 0 Å². The highest BCUT2D eigenvalue weighted by Crippen LogP contribution is 2.31. The number of likely N-dealkylation sites (tertiary alicyclic amines) is 1. The Bertz CT molecular complexity index is 621. The summed E-state index contributed by atoms with van der Waals surface area (Å²) in [7, 11) is 0. The average molecular weight is 311 g/mol. The zero-order valence-electron chi connectivity index (χ0n) is 13.9. The van der Waals surface area contributed by atoms with Crippen molar-refractivity contribution in [1.82, 2.24) is 9.88 Å². The molecule has 1 aliphatic rings. The zero-order valence-corrected chi connectivity index (χ0v) is 13.9. The largest absolute Gasteiger partial charge is 0.364 e. The van der Waals surface area contributed by atoms with Gasteiger partial charge in [0, 0.05) is 23.6 Å². The van der Waals surface area contributed by atoms with Crippen molar-refractivity contribution < 1.29 is 4.79 Å². The van der Waals surface area contributed by atoms with Gasteiger partial charge in [0.2, 0.25) is 5.91 Å². The Hall–Kier alpha value is -2.07. The number of anilines is 1. The minimum atomic E-state index is 0.149. The number of hydrogen-bond donors (Lipinski definition) is 1. The molecule has 0 spiro atoms. The number of nitrogens with one attached hydrogen (secondary N) is 1. The van der Waals surface area contributed by atoms with E-state index in [0.717, 1.165) is 25.1 Å². The van der Waals surface area contributed by atoms with E-state index in [9.17, 15) is 4.79 Å². The van der Waals surface area contributed by atoms with Crippen molar-refractivity contribution in [1.29, 1.82) is 0 Å². The highest BCUT2D eigenvalue weighted by molar-refractivity contribution is 5.95. The van der Waals surface area contributed by atoms with Crippen molar-refractivity contribution in [3.05, 3.63) is 54.4 Å². The van der Waals surface area contributed by atoms with Crippen LogP contribution in [-0.4, -0.2) is 34.9 Å². The molecule has 0 saturated carbocycles. The third kappa shape index (κ3) is 3.48. The van der Waals surface area contributed by atoms with E-state index in [4.69, 9.17) is 0 Å². The van der Waals surface area contributed by atoms with Crippen molar-refractivity contribution in [2.24, 2.45) is 0 Å². The number of hydrogen-bond acceptors (Lipinski definition) is 2. The van der Waals surface area contributed by atoms with Gasteiger partial charge in [-0.25, -0.2) is 0 Å². The summed E-state index contributed by atoms with van der Waals surface area (Å²) in [6, 6.07) is 14.6. The monoisotopic (exact) mass is 311 g/mol. The summed E-state index contributed by atoms with van der Waals surface area (Å²) in [5.74, 6) is 0.171. The highest BCUT2D eigenvalue weighted by Gasteiger charge is 2.30. The Kier molecular flexibility index (Phi) is 4.82. The van der Waals surface area contributed by atoms with Crippen LogP contribution < -0.4 is 4.90 Å². The van der Waals surface area contributed by atoms with Crippen molar-refractivity contribution in [3.8, 4) is 0 Å². The second-order valence-corrected chi connectivity index (χ2v) is 6.45. The SMILES string of the molecule is CC(C)N(C(=O)CN1CCCC1c1ccc[nH]1)c1ccccc1. The first-order valence-electron chi connectivity index (χ1n) is 8.41. The Labute approximate surface area is 138 Å². The molecule has 0 aliphatic carbocycles. The van der Waals surface area contributed by atoms with Crippen LogP contribution in [0.5, 0.6) is 0 Å². The second-order valence-electron chi connectivity index (χ2n) is 6.45. The lowest BCUT2D eigenvalue weighted by Gasteiger charge is -2.30. The topological polar surface area (TPSA) is 39.3 Å². The Morgan fingerprint density at radius 3 is 2.70 bits per heavy atom. The van der Waals surface area contributed by atoms with Crippen LogP contribution in [-0.2, 0) is 4.79 Å². The molecule has 2 aromatic rings. The third-order valence-corrected chi connectivity index (χ3v) is 4.50. The van der Waals surface area contributed by atoms with E-state index < -0.39 is 0 Å². The number of benzene rings is 1. The lowest BCUT2D eigenvalue weighted by molar-refractivity contribution is -0.120.